The van der Waals surface area contributed by atoms with Gasteiger partial charge < -0.3 is 14.6 Å². The topological polar surface area (TPSA) is 55.8 Å². The molecule has 4 nitrogen and oxygen atoms in total. The second-order valence-electron chi connectivity index (χ2n) is 3.53. The summed E-state index contributed by atoms with van der Waals surface area (Å²) in [6.07, 6.45) is 0.719. The first-order chi connectivity index (χ1) is 6.40. The molecule has 4 heteroatoms. The lowest BCUT2D eigenvalue weighted by Crippen LogP contribution is -2.41. The zero-order chi connectivity index (χ0) is 11.2. The number of esters is 1. The predicted molar refractivity (Wildman–Crippen MR) is 52.9 cm³/mol. The smallest absolute Gasteiger partial charge is 0.339 e. The second kappa shape index (κ2) is 5.78. The third-order valence-corrected chi connectivity index (χ3v) is 1.68. The first-order valence-corrected chi connectivity index (χ1v) is 4.43. The van der Waals surface area contributed by atoms with Crippen LogP contribution in [0.3, 0.4) is 0 Å². The zero-order valence-electron chi connectivity index (χ0n) is 9.00. The molecule has 1 N–H and O–H groups in total. The summed E-state index contributed by atoms with van der Waals surface area (Å²) in [5.74, 6) is -0.687. The quantitative estimate of drug-likeness (QED) is 0.395. The van der Waals surface area contributed by atoms with E-state index < -0.39 is 11.6 Å². The minimum absolute atomic E-state index is 0.0625. The average molecular weight is 202 g/mol. The van der Waals surface area contributed by atoms with Gasteiger partial charge in [0, 0.05) is 0 Å². The summed E-state index contributed by atoms with van der Waals surface area (Å²) < 4.78 is 9.53. The summed E-state index contributed by atoms with van der Waals surface area (Å²) in [4.78, 5) is 11.0. The van der Waals surface area contributed by atoms with Crippen molar-refractivity contribution in [2.24, 2.45) is 0 Å². The van der Waals surface area contributed by atoms with Crippen LogP contribution in [0.2, 0.25) is 0 Å². The highest BCUT2D eigenvalue weighted by Crippen LogP contribution is 2.07. The number of hydrogen-bond donors (Lipinski definition) is 1. The Morgan fingerprint density at radius 2 is 2.14 bits per heavy atom. The molecule has 0 radical (unpaired) electrons. The summed E-state index contributed by atoms with van der Waals surface area (Å²) >= 11 is 0. The normalized spacial score (nSPS) is 14.6. The lowest BCUT2D eigenvalue weighted by molar-refractivity contribution is -0.166. The van der Waals surface area contributed by atoms with E-state index in [0.717, 1.165) is 12.0 Å². The molecule has 0 aromatic heterocycles. The maximum absolute atomic E-state index is 11.0. The number of methoxy groups -OCH3 is 1. The van der Waals surface area contributed by atoms with E-state index in [9.17, 15) is 9.90 Å². The van der Waals surface area contributed by atoms with Crippen LogP contribution in [-0.2, 0) is 14.3 Å². The standard InChI is InChI=1S/C10H18O4/c1-8(2)5-6-14-7-10(3,12)9(11)13-4/h12H,1,5-7H2,2-4H3. The van der Waals surface area contributed by atoms with E-state index in [2.05, 4.69) is 11.3 Å². The third kappa shape index (κ3) is 4.99. The average Bonchev–Trinajstić information content (AvgIpc) is 2.10. The van der Waals surface area contributed by atoms with Gasteiger partial charge in [0.1, 0.15) is 0 Å². The summed E-state index contributed by atoms with van der Waals surface area (Å²) in [5, 5.41) is 9.53. The van der Waals surface area contributed by atoms with E-state index in [-0.39, 0.29) is 6.61 Å². The molecule has 0 saturated carbocycles. The maximum Gasteiger partial charge on any atom is 0.339 e. The number of carbonyl (C=O) groups excluding carboxylic acids is 1. The Labute approximate surface area is 84.5 Å². The van der Waals surface area contributed by atoms with Gasteiger partial charge in [0.2, 0.25) is 0 Å². The summed E-state index contributed by atoms with van der Waals surface area (Å²) in [5.41, 5.74) is -0.563. The predicted octanol–water partition coefficient (Wildman–Crippen LogP) is 0.893. The van der Waals surface area contributed by atoms with Gasteiger partial charge in [-0.3, -0.25) is 0 Å². The van der Waals surface area contributed by atoms with Crippen molar-refractivity contribution in [3.8, 4) is 0 Å². The monoisotopic (exact) mass is 202 g/mol. The van der Waals surface area contributed by atoms with Crippen LogP contribution in [0.4, 0.5) is 0 Å². The summed E-state index contributed by atoms with van der Waals surface area (Å²) in [6, 6.07) is 0. The Balaban J connectivity index is 3.76. The van der Waals surface area contributed by atoms with Gasteiger partial charge in [0.15, 0.2) is 5.60 Å². The van der Waals surface area contributed by atoms with Crippen LogP contribution in [0.1, 0.15) is 20.3 Å². The molecule has 0 rings (SSSR count). The molecule has 1 atom stereocenters. The van der Waals surface area contributed by atoms with E-state index in [1.165, 1.54) is 14.0 Å². The van der Waals surface area contributed by atoms with Gasteiger partial charge in [-0.05, 0) is 20.3 Å². The van der Waals surface area contributed by atoms with Gasteiger partial charge in [0.05, 0.1) is 20.3 Å². The molecular weight excluding hydrogens is 184 g/mol. The lowest BCUT2D eigenvalue weighted by atomic mass is 10.1. The number of aliphatic hydroxyl groups is 1. The third-order valence-electron chi connectivity index (χ3n) is 1.68. The van der Waals surface area contributed by atoms with Crippen LogP contribution >= 0.6 is 0 Å². The molecule has 0 aliphatic carbocycles. The van der Waals surface area contributed by atoms with Crippen molar-refractivity contribution >= 4 is 5.97 Å². The molecule has 0 aliphatic heterocycles. The molecule has 0 spiro atoms. The van der Waals surface area contributed by atoms with E-state index >= 15 is 0 Å². The first-order valence-electron chi connectivity index (χ1n) is 4.43. The summed E-state index contributed by atoms with van der Waals surface area (Å²) in [7, 11) is 1.23. The molecule has 0 aliphatic rings. The Morgan fingerprint density at radius 1 is 1.57 bits per heavy atom. The minimum Gasteiger partial charge on any atom is -0.467 e. The Kier molecular flexibility index (Phi) is 5.42. The van der Waals surface area contributed by atoms with Crippen LogP contribution < -0.4 is 0 Å². The molecule has 14 heavy (non-hydrogen) atoms. The highest BCUT2D eigenvalue weighted by molar-refractivity contribution is 5.78. The number of carbonyl (C=O) groups is 1. The van der Waals surface area contributed by atoms with Crippen LogP contribution in [0, 0.1) is 0 Å². The Morgan fingerprint density at radius 3 is 2.57 bits per heavy atom. The highest BCUT2D eigenvalue weighted by Gasteiger charge is 2.31. The molecule has 0 aromatic rings. The fraction of sp³-hybridized carbons (Fsp3) is 0.700. The molecule has 0 aromatic carbocycles. The van der Waals surface area contributed by atoms with Crippen LogP contribution in [0.25, 0.3) is 0 Å². The van der Waals surface area contributed by atoms with E-state index in [1.807, 2.05) is 6.92 Å². The van der Waals surface area contributed by atoms with Gasteiger partial charge in [-0.25, -0.2) is 4.79 Å². The minimum atomic E-state index is -1.57. The lowest BCUT2D eigenvalue weighted by Gasteiger charge is -2.19. The SMILES string of the molecule is C=C(C)CCOCC(C)(O)C(=O)OC. The van der Waals surface area contributed by atoms with Crippen molar-refractivity contribution in [3.05, 3.63) is 12.2 Å². The Bertz CT molecular complexity index is 208. The van der Waals surface area contributed by atoms with Crippen molar-refractivity contribution in [3.63, 3.8) is 0 Å². The van der Waals surface area contributed by atoms with Crippen molar-refractivity contribution in [1.29, 1.82) is 0 Å². The molecule has 0 amide bonds. The fourth-order valence-corrected chi connectivity index (χ4v) is 0.796. The van der Waals surface area contributed by atoms with E-state index in [4.69, 9.17) is 4.74 Å². The van der Waals surface area contributed by atoms with Crippen molar-refractivity contribution < 1.29 is 19.4 Å². The van der Waals surface area contributed by atoms with E-state index in [0.29, 0.717) is 6.61 Å². The number of rotatable bonds is 6. The van der Waals surface area contributed by atoms with Gasteiger partial charge in [-0.1, -0.05) is 5.57 Å². The molecule has 0 fully saturated rings. The molecule has 82 valence electrons. The summed E-state index contributed by atoms with van der Waals surface area (Å²) in [6.45, 7) is 7.34. The van der Waals surface area contributed by atoms with Crippen LogP contribution in [0.5, 0.6) is 0 Å². The van der Waals surface area contributed by atoms with E-state index in [1.54, 1.807) is 0 Å². The molecule has 1 unspecified atom stereocenters. The maximum atomic E-state index is 11.0. The van der Waals surface area contributed by atoms with Gasteiger partial charge >= 0.3 is 5.97 Å². The number of ether oxygens (including phenoxy) is 2. The van der Waals surface area contributed by atoms with Crippen LogP contribution in [-0.4, -0.2) is 37.0 Å². The molecule has 0 saturated heterocycles. The van der Waals surface area contributed by atoms with Crippen molar-refractivity contribution in [1.82, 2.24) is 0 Å². The van der Waals surface area contributed by atoms with Crippen molar-refractivity contribution in [2.45, 2.75) is 25.9 Å². The fourth-order valence-electron chi connectivity index (χ4n) is 0.796. The van der Waals surface area contributed by atoms with Crippen molar-refractivity contribution in [2.75, 3.05) is 20.3 Å². The second-order valence-corrected chi connectivity index (χ2v) is 3.53. The molecular formula is C10H18O4. The zero-order valence-corrected chi connectivity index (χ0v) is 9.00. The number of hydrogen-bond acceptors (Lipinski definition) is 4. The Hall–Kier alpha value is -0.870. The molecule has 0 bridgehead atoms. The highest BCUT2D eigenvalue weighted by atomic mass is 16.6. The van der Waals surface area contributed by atoms with Gasteiger partial charge in [-0.2, -0.15) is 0 Å². The van der Waals surface area contributed by atoms with Crippen LogP contribution in [0.15, 0.2) is 12.2 Å². The molecule has 0 heterocycles. The van der Waals surface area contributed by atoms with Gasteiger partial charge in [-0.15, -0.1) is 6.58 Å². The van der Waals surface area contributed by atoms with Gasteiger partial charge in [0.25, 0.3) is 0 Å². The largest absolute Gasteiger partial charge is 0.467 e. The first kappa shape index (κ1) is 13.1.